The number of carbonyl (C=O) groups excluding carboxylic acids is 2. The van der Waals surface area contributed by atoms with Gasteiger partial charge in [-0.15, -0.1) is 0 Å². The predicted octanol–water partition coefficient (Wildman–Crippen LogP) is -0.367. The molecule has 0 aromatic heterocycles. The summed E-state index contributed by atoms with van der Waals surface area (Å²) in [5.74, 6) is 3.65. The number of unbranched alkanes of at least 4 members (excludes halogenated alkanes) is 1. The highest BCUT2D eigenvalue weighted by atomic mass is 16.5. The maximum Gasteiger partial charge on any atom is 0.331 e. The van der Waals surface area contributed by atoms with E-state index in [-0.39, 0.29) is 13.0 Å². The summed E-state index contributed by atoms with van der Waals surface area (Å²) in [5.41, 5.74) is 0. The fourth-order valence-electron chi connectivity index (χ4n) is 1.73. The predicted molar refractivity (Wildman–Crippen MR) is 84.8 cm³/mol. The summed E-state index contributed by atoms with van der Waals surface area (Å²) >= 11 is 0. The van der Waals surface area contributed by atoms with Crippen LogP contribution in [-0.2, 0) is 14.3 Å². The standard InChI is InChI=1S/C17H25NO5/c1-18(2,3)14-15(13-16(20)21)23-17(22)11-9-7-5-4-6-8-10-12-19/h8-11,15,19H,4,6,12-14H2,1-3H3/b10-8+,11-9+. The van der Waals surface area contributed by atoms with Gasteiger partial charge in [-0.2, -0.15) is 0 Å². The molecule has 0 bridgehead atoms. The molecule has 0 saturated heterocycles. The number of aliphatic hydroxyl groups is 1. The van der Waals surface area contributed by atoms with Crippen LogP contribution in [0.2, 0.25) is 0 Å². The van der Waals surface area contributed by atoms with E-state index < -0.39 is 18.0 Å². The maximum absolute atomic E-state index is 11.7. The van der Waals surface area contributed by atoms with Crippen LogP contribution in [0.15, 0.2) is 24.3 Å². The summed E-state index contributed by atoms with van der Waals surface area (Å²) in [5, 5.41) is 19.3. The van der Waals surface area contributed by atoms with Crippen molar-refractivity contribution < 1.29 is 29.0 Å². The van der Waals surface area contributed by atoms with Crippen LogP contribution in [0.3, 0.4) is 0 Å². The molecule has 0 rings (SSSR count). The fourth-order valence-corrected chi connectivity index (χ4v) is 1.73. The fraction of sp³-hybridized carbons (Fsp3) is 0.529. The van der Waals surface area contributed by atoms with E-state index in [1.54, 1.807) is 6.08 Å². The molecule has 0 aliphatic carbocycles. The second-order valence-corrected chi connectivity index (χ2v) is 5.96. The number of carbonyl (C=O) groups is 2. The van der Waals surface area contributed by atoms with Gasteiger partial charge in [0.1, 0.15) is 6.54 Å². The number of rotatable bonds is 9. The smallest absolute Gasteiger partial charge is 0.331 e. The highest BCUT2D eigenvalue weighted by Gasteiger charge is 2.21. The van der Waals surface area contributed by atoms with Crippen molar-refractivity contribution in [3.63, 3.8) is 0 Å². The summed E-state index contributed by atoms with van der Waals surface area (Å²) in [6.45, 7) is 0.385. The van der Waals surface area contributed by atoms with Crippen LogP contribution in [0.25, 0.3) is 0 Å². The number of aliphatic hydroxyl groups excluding tert-OH is 1. The number of likely N-dealkylation sites (N-methyl/N-ethyl adjacent to an activating group) is 1. The monoisotopic (exact) mass is 323 g/mol. The molecule has 0 aliphatic heterocycles. The van der Waals surface area contributed by atoms with Crippen LogP contribution in [0.4, 0.5) is 0 Å². The van der Waals surface area contributed by atoms with Gasteiger partial charge in [0.05, 0.1) is 27.7 Å². The first-order chi connectivity index (χ1) is 10.7. The van der Waals surface area contributed by atoms with E-state index in [0.717, 1.165) is 6.42 Å². The van der Waals surface area contributed by atoms with Crippen LogP contribution >= 0.6 is 0 Å². The third-order valence-electron chi connectivity index (χ3n) is 2.54. The minimum Gasteiger partial charge on any atom is -0.550 e. The number of hydrogen-bond donors (Lipinski definition) is 1. The van der Waals surface area contributed by atoms with Crippen molar-refractivity contribution in [2.24, 2.45) is 0 Å². The molecule has 0 amide bonds. The topological polar surface area (TPSA) is 86.7 Å². The molecule has 0 radical (unpaired) electrons. The first-order valence-electron chi connectivity index (χ1n) is 7.36. The molecule has 1 unspecified atom stereocenters. The summed E-state index contributed by atoms with van der Waals surface area (Å²) in [4.78, 5) is 22.4. The Hall–Kier alpha value is -2.10. The molecule has 6 nitrogen and oxygen atoms in total. The largest absolute Gasteiger partial charge is 0.550 e. The summed E-state index contributed by atoms with van der Waals surface area (Å²) in [7, 11) is 5.63. The molecule has 23 heavy (non-hydrogen) atoms. The Kier molecular flexibility index (Phi) is 10.4. The lowest BCUT2D eigenvalue weighted by Gasteiger charge is -2.28. The Balaban J connectivity index is 4.35. The Morgan fingerprint density at radius 3 is 2.57 bits per heavy atom. The van der Waals surface area contributed by atoms with E-state index >= 15 is 0 Å². The maximum atomic E-state index is 11.7. The number of nitrogens with zero attached hydrogens (tertiary/aromatic N) is 1. The molecule has 128 valence electrons. The Labute approximate surface area is 137 Å². The Morgan fingerprint density at radius 1 is 1.30 bits per heavy atom. The number of ether oxygens (including phenoxy) is 1. The van der Waals surface area contributed by atoms with Gasteiger partial charge < -0.3 is 24.2 Å². The second-order valence-electron chi connectivity index (χ2n) is 5.96. The highest BCUT2D eigenvalue weighted by molar-refractivity contribution is 5.83. The molecule has 0 aromatic carbocycles. The molecule has 0 aromatic rings. The van der Waals surface area contributed by atoms with E-state index in [0.29, 0.717) is 17.4 Å². The Morgan fingerprint density at radius 2 is 2.00 bits per heavy atom. The zero-order valence-corrected chi connectivity index (χ0v) is 13.9. The first kappa shape index (κ1) is 20.9. The number of aliphatic carboxylic acids is 1. The van der Waals surface area contributed by atoms with Crippen molar-refractivity contribution in [3.8, 4) is 11.8 Å². The Bertz CT molecular complexity index is 491. The van der Waals surface area contributed by atoms with Crippen molar-refractivity contribution in [2.75, 3.05) is 34.3 Å². The highest BCUT2D eigenvalue weighted by Crippen LogP contribution is 2.05. The molecule has 0 fully saturated rings. The normalized spacial score (nSPS) is 12.9. The number of allylic oxidation sites excluding steroid dienone is 2. The van der Waals surface area contributed by atoms with E-state index in [1.807, 2.05) is 27.2 Å². The lowest BCUT2D eigenvalue weighted by atomic mass is 10.2. The molecule has 0 heterocycles. The zero-order valence-electron chi connectivity index (χ0n) is 13.9. The molecule has 1 N–H and O–H groups in total. The first-order valence-corrected chi connectivity index (χ1v) is 7.36. The van der Waals surface area contributed by atoms with Gasteiger partial charge in [0.25, 0.3) is 0 Å². The lowest BCUT2D eigenvalue weighted by Crippen LogP contribution is -2.45. The number of hydrogen-bond acceptors (Lipinski definition) is 5. The summed E-state index contributed by atoms with van der Waals surface area (Å²) < 4.78 is 5.60. The number of quaternary nitrogens is 1. The van der Waals surface area contributed by atoms with Gasteiger partial charge >= 0.3 is 5.97 Å². The number of carboxylic acids is 1. The van der Waals surface area contributed by atoms with Crippen LogP contribution < -0.4 is 5.11 Å². The summed E-state index contributed by atoms with van der Waals surface area (Å²) in [6.07, 6.45) is 6.27. The van der Waals surface area contributed by atoms with Crippen molar-refractivity contribution in [1.82, 2.24) is 0 Å². The molecule has 1 atom stereocenters. The van der Waals surface area contributed by atoms with Crippen LogP contribution in [-0.4, -0.2) is 61.9 Å². The van der Waals surface area contributed by atoms with Gasteiger partial charge in [0.2, 0.25) is 0 Å². The average Bonchev–Trinajstić information content (AvgIpc) is 2.39. The number of carboxylic acid groups (broad SMARTS) is 1. The van der Waals surface area contributed by atoms with Crippen molar-refractivity contribution >= 4 is 11.9 Å². The van der Waals surface area contributed by atoms with Gasteiger partial charge in [-0.3, -0.25) is 0 Å². The zero-order chi connectivity index (χ0) is 17.7. The minimum atomic E-state index is -1.25. The third-order valence-corrected chi connectivity index (χ3v) is 2.54. The second kappa shape index (κ2) is 11.5. The average molecular weight is 323 g/mol. The van der Waals surface area contributed by atoms with E-state index in [9.17, 15) is 14.7 Å². The van der Waals surface area contributed by atoms with E-state index in [2.05, 4.69) is 11.8 Å². The molecule has 0 spiro atoms. The molecular weight excluding hydrogens is 298 g/mol. The SMILES string of the molecule is C[N+](C)(C)CC(CC(=O)[O-])OC(=O)/C=C/C#CCC/C=C/CO. The third kappa shape index (κ3) is 14.6. The van der Waals surface area contributed by atoms with Gasteiger partial charge in [-0.05, 0) is 12.5 Å². The van der Waals surface area contributed by atoms with E-state index in [4.69, 9.17) is 9.84 Å². The van der Waals surface area contributed by atoms with Gasteiger partial charge in [-0.25, -0.2) is 4.79 Å². The van der Waals surface area contributed by atoms with Crippen molar-refractivity contribution in [2.45, 2.75) is 25.4 Å². The van der Waals surface area contributed by atoms with Crippen molar-refractivity contribution in [3.05, 3.63) is 24.3 Å². The number of esters is 1. The van der Waals surface area contributed by atoms with Gasteiger partial charge in [-0.1, -0.05) is 24.0 Å². The van der Waals surface area contributed by atoms with Gasteiger partial charge in [0, 0.05) is 24.9 Å². The molecule has 0 saturated carbocycles. The van der Waals surface area contributed by atoms with Gasteiger partial charge in [0.15, 0.2) is 6.10 Å². The van der Waals surface area contributed by atoms with E-state index in [1.165, 1.54) is 12.2 Å². The molecule has 6 heteroatoms. The van der Waals surface area contributed by atoms with Crippen LogP contribution in [0.5, 0.6) is 0 Å². The quantitative estimate of drug-likeness (QED) is 0.156. The lowest BCUT2D eigenvalue weighted by molar-refractivity contribution is -0.873. The minimum absolute atomic E-state index is 0.0134. The van der Waals surface area contributed by atoms with Crippen LogP contribution in [0.1, 0.15) is 19.3 Å². The van der Waals surface area contributed by atoms with Crippen molar-refractivity contribution in [1.29, 1.82) is 0 Å². The summed E-state index contributed by atoms with van der Waals surface area (Å²) in [6, 6.07) is 0. The molecular formula is C17H25NO5. The molecule has 0 aliphatic rings. The van der Waals surface area contributed by atoms with Crippen LogP contribution in [0, 0.1) is 11.8 Å².